The van der Waals surface area contributed by atoms with Crippen molar-refractivity contribution in [2.75, 3.05) is 7.11 Å². The minimum absolute atomic E-state index is 0.0941. The third-order valence-corrected chi connectivity index (χ3v) is 2.06. The number of ether oxygens (including phenoxy) is 1. The number of carbonyl (C=O) groups is 1. The Hall–Kier alpha value is -0.730. The number of nitrogens with zero attached hydrogens (tertiary/aromatic N) is 2. The Balaban J connectivity index is 3.03. The summed E-state index contributed by atoms with van der Waals surface area (Å²) in [4.78, 5) is 10.9. The predicted octanol–water partition coefficient (Wildman–Crippen LogP) is 1.67. The third-order valence-electron chi connectivity index (χ3n) is 1.27. The molecule has 0 radical (unpaired) electrons. The Morgan fingerprint density at radius 1 is 1.77 bits per heavy atom. The SMILES string of the molecule is COC(=O)c1nn(C(F)F)cc1I. The molecule has 0 fully saturated rings. The Labute approximate surface area is 86.0 Å². The average Bonchev–Trinajstić information content (AvgIpc) is 2.46. The standard InChI is InChI=1S/C6H5F2IN2O2/c1-13-5(12)4-3(9)2-11(10-4)6(7)8/h2,6H,1H3. The third kappa shape index (κ3) is 2.14. The van der Waals surface area contributed by atoms with E-state index in [1.165, 1.54) is 7.11 Å². The van der Waals surface area contributed by atoms with Gasteiger partial charge < -0.3 is 4.74 Å². The van der Waals surface area contributed by atoms with Crippen molar-refractivity contribution in [1.82, 2.24) is 9.78 Å². The number of hydrogen-bond acceptors (Lipinski definition) is 3. The molecular weight excluding hydrogens is 297 g/mol. The van der Waals surface area contributed by atoms with Crippen LogP contribution in [0.5, 0.6) is 0 Å². The number of methoxy groups -OCH3 is 1. The molecular formula is C6H5F2IN2O2. The van der Waals surface area contributed by atoms with E-state index in [0.29, 0.717) is 8.25 Å². The molecule has 0 aliphatic carbocycles. The number of rotatable bonds is 2. The average molecular weight is 302 g/mol. The molecule has 0 spiro atoms. The molecule has 0 unspecified atom stereocenters. The van der Waals surface area contributed by atoms with Gasteiger partial charge in [0.1, 0.15) is 0 Å². The molecule has 1 aromatic rings. The highest BCUT2D eigenvalue weighted by Gasteiger charge is 2.18. The second-order valence-corrected chi connectivity index (χ2v) is 3.24. The lowest BCUT2D eigenvalue weighted by molar-refractivity contribution is 0.0521. The molecule has 0 aliphatic heterocycles. The fourth-order valence-electron chi connectivity index (χ4n) is 0.704. The summed E-state index contributed by atoms with van der Waals surface area (Å²) < 4.78 is 29.2. The van der Waals surface area contributed by atoms with Crippen LogP contribution in [0, 0.1) is 3.57 Å². The zero-order chi connectivity index (χ0) is 10.0. The van der Waals surface area contributed by atoms with E-state index < -0.39 is 12.5 Å². The van der Waals surface area contributed by atoms with Crippen LogP contribution in [0.25, 0.3) is 0 Å². The summed E-state index contributed by atoms with van der Waals surface area (Å²) in [7, 11) is 1.17. The normalized spacial score (nSPS) is 10.5. The van der Waals surface area contributed by atoms with E-state index in [2.05, 4.69) is 9.84 Å². The number of alkyl halides is 2. The Morgan fingerprint density at radius 2 is 2.38 bits per heavy atom. The molecule has 0 saturated heterocycles. The van der Waals surface area contributed by atoms with Crippen LogP contribution in [-0.4, -0.2) is 22.9 Å². The van der Waals surface area contributed by atoms with Crippen LogP contribution < -0.4 is 0 Å². The van der Waals surface area contributed by atoms with Crippen LogP contribution in [0.3, 0.4) is 0 Å². The topological polar surface area (TPSA) is 44.1 Å². The first-order valence-corrected chi connectivity index (χ1v) is 4.25. The van der Waals surface area contributed by atoms with Gasteiger partial charge in [-0.3, -0.25) is 0 Å². The molecule has 4 nitrogen and oxygen atoms in total. The van der Waals surface area contributed by atoms with Crippen LogP contribution in [0.15, 0.2) is 6.20 Å². The predicted molar refractivity (Wildman–Crippen MR) is 47.5 cm³/mol. The lowest BCUT2D eigenvalue weighted by Crippen LogP contribution is -2.06. The van der Waals surface area contributed by atoms with Crippen molar-refractivity contribution in [2.24, 2.45) is 0 Å². The van der Waals surface area contributed by atoms with E-state index in [1.54, 1.807) is 22.6 Å². The van der Waals surface area contributed by atoms with E-state index in [1.807, 2.05) is 0 Å². The number of hydrogen-bond donors (Lipinski definition) is 0. The fraction of sp³-hybridized carbons (Fsp3) is 0.333. The molecule has 72 valence electrons. The summed E-state index contributed by atoms with van der Waals surface area (Å²) in [6, 6.07) is 0. The zero-order valence-electron chi connectivity index (χ0n) is 6.50. The molecule has 7 heteroatoms. The fourth-order valence-corrected chi connectivity index (χ4v) is 1.32. The second-order valence-electron chi connectivity index (χ2n) is 2.07. The van der Waals surface area contributed by atoms with Gasteiger partial charge >= 0.3 is 12.5 Å². The van der Waals surface area contributed by atoms with Gasteiger partial charge in [-0.15, -0.1) is 0 Å². The first-order valence-electron chi connectivity index (χ1n) is 3.17. The molecule has 0 aliphatic rings. The van der Waals surface area contributed by atoms with Gasteiger partial charge in [0.25, 0.3) is 0 Å². The van der Waals surface area contributed by atoms with Crippen molar-refractivity contribution < 1.29 is 18.3 Å². The summed E-state index contributed by atoms with van der Waals surface area (Å²) in [5.41, 5.74) is -0.0941. The molecule has 1 rings (SSSR count). The van der Waals surface area contributed by atoms with Gasteiger partial charge in [-0.1, -0.05) is 0 Å². The zero-order valence-corrected chi connectivity index (χ0v) is 8.66. The maximum atomic E-state index is 12.1. The number of carbonyl (C=O) groups excluding carboxylic acids is 1. The van der Waals surface area contributed by atoms with E-state index in [4.69, 9.17) is 0 Å². The Morgan fingerprint density at radius 3 is 2.77 bits per heavy atom. The minimum Gasteiger partial charge on any atom is -0.464 e. The maximum absolute atomic E-state index is 12.1. The summed E-state index contributed by atoms with van der Waals surface area (Å²) in [5, 5.41) is 3.36. The first-order chi connectivity index (χ1) is 6.06. The summed E-state index contributed by atoms with van der Waals surface area (Å²) in [6.07, 6.45) is 1.08. The lowest BCUT2D eigenvalue weighted by atomic mass is 10.4. The van der Waals surface area contributed by atoms with Gasteiger partial charge in [-0.05, 0) is 22.6 Å². The molecule has 0 saturated carbocycles. The van der Waals surface area contributed by atoms with Crippen molar-refractivity contribution in [3.8, 4) is 0 Å². The Bertz CT molecular complexity index is 326. The van der Waals surface area contributed by atoms with Gasteiger partial charge in [-0.25, -0.2) is 9.48 Å². The van der Waals surface area contributed by atoms with Crippen molar-refractivity contribution in [3.63, 3.8) is 0 Å². The number of esters is 1. The van der Waals surface area contributed by atoms with Crippen LogP contribution >= 0.6 is 22.6 Å². The van der Waals surface area contributed by atoms with Crippen molar-refractivity contribution in [3.05, 3.63) is 15.5 Å². The number of aromatic nitrogens is 2. The smallest absolute Gasteiger partial charge is 0.359 e. The second kappa shape index (κ2) is 3.99. The summed E-state index contributed by atoms with van der Waals surface area (Å²) in [5.74, 6) is -0.719. The Kier molecular flexibility index (Phi) is 3.17. The first kappa shape index (κ1) is 10.4. The van der Waals surface area contributed by atoms with E-state index in [9.17, 15) is 13.6 Å². The maximum Gasteiger partial charge on any atom is 0.359 e. The molecule has 0 atom stereocenters. The van der Waals surface area contributed by atoms with Crippen LogP contribution in [-0.2, 0) is 4.74 Å². The quantitative estimate of drug-likeness (QED) is 0.616. The van der Waals surface area contributed by atoms with E-state index in [0.717, 1.165) is 6.20 Å². The molecule has 0 bridgehead atoms. The molecule has 0 aromatic carbocycles. The van der Waals surface area contributed by atoms with Crippen LogP contribution in [0.4, 0.5) is 8.78 Å². The van der Waals surface area contributed by atoms with Gasteiger partial charge in [0, 0.05) is 6.20 Å². The monoisotopic (exact) mass is 302 g/mol. The molecule has 1 heterocycles. The minimum atomic E-state index is -2.74. The molecule has 0 amide bonds. The van der Waals surface area contributed by atoms with Crippen LogP contribution in [0.2, 0.25) is 0 Å². The molecule has 0 N–H and O–H groups in total. The van der Waals surface area contributed by atoms with Crippen molar-refractivity contribution in [2.45, 2.75) is 6.55 Å². The highest BCUT2D eigenvalue weighted by molar-refractivity contribution is 14.1. The lowest BCUT2D eigenvalue weighted by Gasteiger charge is -1.96. The van der Waals surface area contributed by atoms with Crippen molar-refractivity contribution in [1.29, 1.82) is 0 Å². The van der Waals surface area contributed by atoms with Gasteiger partial charge in [0.2, 0.25) is 0 Å². The summed E-state index contributed by atoms with van der Waals surface area (Å²) in [6.45, 7) is -2.74. The van der Waals surface area contributed by atoms with Crippen LogP contribution in [0.1, 0.15) is 17.0 Å². The van der Waals surface area contributed by atoms with Crippen molar-refractivity contribution >= 4 is 28.6 Å². The highest BCUT2D eigenvalue weighted by Crippen LogP contribution is 2.16. The molecule has 13 heavy (non-hydrogen) atoms. The van der Waals surface area contributed by atoms with Gasteiger partial charge in [0.05, 0.1) is 10.7 Å². The van der Waals surface area contributed by atoms with E-state index >= 15 is 0 Å². The van der Waals surface area contributed by atoms with E-state index in [-0.39, 0.29) is 5.69 Å². The largest absolute Gasteiger partial charge is 0.464 e. The highest BCUT2D eigenvalue weighted by atomic mass is 127. The van der Waals surface area contributed by atoms with Gasteiger partial charge in [0.15, 0.2) is 5.69 Å². The molecule has 1 aromatic heterocycles. The summed E-state index contributed by atoms with van der Waals surface area (Å²) >= 11 is 1.74. The number of halogens is 3. The van der Waals surface area contributed by atoms with Gasteiger partial charge in [-0.2, -0.15) is 13.9 Å².